The first kappa shape index (κ1) is 28.9. The minimum absolute atomic E-state index is 0. The molecule has 0 aliphatic heterocycles. The third-order valence-electron chi connectivity index (χ3n) is 7.01. The van der Waals surface area contributed by atoms with Crippen LogP contribution in [0.2, 0.25) is 0 Å². The van der Waals surface area contributed by atoms with Crippen LogP contribution in [0.4, 0.5) is 0 Å². The molecule has 0 amide bonds. The molecule has 0 bridgehead atoms. The van der Waals surface area contributed by atoms with E-state index in [1.54, 1.807) is 0 Å². The van der Waals surface area contributed by atoms with Crippen molar-refractivity contribution in [2.24, 2.45) is 5.92 Å². The maximum atomic E-state index is 10.8. The minimum Gasteiger partial charge on any atom is -0.392 e. The van der Waals surface area contributed by atoms with Gasteiger partial charge in [-0.2, -0.15) is 6.42 Å². The van der Waals surface area contributed by atoms with Gasteiger partial charge in [0.15, 0.2) is 0 Å². The molecule has 1 aromatic rings. The summed E-state index contributed by atoms with van der Waals surface area (Å²) in [4.78, 5) is 0. The first-order valence-electron chi connectivity index (χ1n) is 11.7. The molecule has 1 aliphatic rings. The quantitative estimate of drug-likeness (QED) is 0.165. The third-order valence-corrected chi connectivity index (χ3v) is 7.96. The molecule has 169 valence electrons. The number of hydrogen-bond donors (Lipinski definition) is 1. The normalized spacial score (nSPS) is 25.2. The molecule has 0 heterocycles. The fourth-order valence-electron chi connectivity index (χ4n) is 4.86. The van der Waals surface area contributed by atoms with Crippen molar-refractivity contribution in [1.82, 2.24) is 0 Å². The molecule has 0 aromatic heterocycles. The fraction of sp³-hybridized carbons (Fsp3) is 0.731. The van der Waals surface area contributed by atoms with Crippen molar-refractivity contribution in [3.05, 3.63) is 42.3 Å². The summed E-state index contributed by atoms with van der Waals surface area (Å²) in [7, 11) is 0. The summed E-state index contributed by atoms with van der Waals surface area (Å²) in [6, 6.07) is 8.86. The number of benzene rings is 1. The van der Waals surface area contributed by atoms with E-state index in [1.807, 2.05) is 0 Å². The van der Waals surface area contributed by atoms with Crippen molar-refractivity contribution in [1.29, 1.82) is 0 Å². The van der Waals surface area contributed by atoms with Gasteiger partial charge in [0.1, 0.15) is 0 Å². The molecule has 1 N–H and O–H groups in total. The SMILES string of the molecule is [CH2-]CCCCCC1C(Cl)CC(Cl)C1c1ccc(C(C)(C)C(O)CCCCC)cc1.[Y]. The maximum absolute atomic E-state index is 10.8. The minimum atomic E-state index is -0.319. The van der Waals surface area contributed by atoms with Crippen molar-refractivity contribution in [3.63, 3.8) is 0 Å². The number of aliphatic hydroxyl groups is 1. The van der Waals surface area contributed by atoms with Crippen LogP contribution in [0, 0.1) is 12.8 Å². The zero-order valence-electron chi connectivity index (χ0n) is 19.3. The number of rotatable bonds is 12. The van der Waals surface area contributed by atoms with E-state index in [2.05, 4.69) is 52.0 Å². The molecule has 5 atom stereocenters. The summed E-state index contributed by atoms with van der Waals surface area (Å²) in [5, 5.41) is 11.0. The van der Waals surface area contributed by atoms with Crippen LogP contribution in [0.25, 0.3) is 0 Å². The molecule has 0 spiro atoms. The molecule has 1 aromatic carbocycles. The molecule has 1 saturated carbocycles. The van der Waals surface area contributed by atoms with Crippen LogP contribution in [0.1, 0.15) is 102 Å². The zero-order valence-corrected chi connectivity index (χ0v) is 23.6. The molecular formula is C26H41Cl2OY-. The molecule has 1 aliphatic carbocycles. The molecule has 5 unspecified atom stereocenters. The summed E-state index contributed by atoms with van der Waals surface area (Å²) in [6.45, 7) is 10.4. The standard InChI is InChI=1S/C26H41Cl2O.Y/c1-5-7-9-11-12-21-22(27)18-23(28)25(21)19-14-16-20(17-15-19)26(3,4)24(29)13-10-8-6-2;/h14-17,21-25,29H,1,5-13,18H2,2-4H3;/q-1;. The third kappa shape index (κ3) is 7.72. The molecule has 4 heteroatoms. The van der Waals surface area contributed by atoms with Crippen LogP contribution in [-0.2, 0) is 38.1 Å². The molecule has 30 heavy (non-hydrogen) atoms. The van der Waals surface area contributed by atoms with Crippen LogP contribution >= 0.6 is 23.2 Å². The maximum Gasteiger partial charge on any atom is 0.0631 e. The molecule has 1 nitrogen and oxygen atoms in total. The van der Waals surface area contributed by atoms with E-state index >= 15 is 0 Å². The van der Waals surface area contributed by atoms with Crippen molar-refractivity contribution in [2.75, 3.05) is 0 Å². The fourth-order valence-corrected chi connectivity index (χ4v) is 5.95. The van der Waals surface area contributed by atoms with E-state index < -0.39 is 0 Å². The van der Waals surface area contributed by atoms with Gasteiger partial charge in [-0.3, -0.25) is 0 Å². The van der Waals surface area contributed by atoms with Gasteiger partial charge in [-0.05, 0) is 36.3 Å². The van der Waals surface area contributed by atoms with Gasteiger partial charge in [0.2, 0.25) is 0 Å². The van der Waals surface area contributed by atoms with E-state index in [9.17, 15) is 5.11 Å². The van der Waals surface area contributed by atoms with Crippen LogP contribution in [-0.4, -0.2) is 22.0 Å². The topological polar surface area (TPSA) is 20.2 Å². The van der Waals surface area contributed by atoms with E-state index in [0.29, 0.717) is 11.8 Å². The van der Waals surface area contributed by atoms with Crippen molar-refractivity contribution >= 4 is 23.2 Å². The molecular weight excluding hydrogens is 488 g/mol. The average molecular weight is 529 g/mol. The predicted molar refractivity (Wildman–Crippen MR) is 128 cm³/mol. The zero-order chi connectivity index (χ0) is 21.4. The monoisotopic (exact) mass is 528 g/mol. The second-order valence-electron chi connectivity index (χ2n) is 9.52. The Morgan fingerprint density at radius 3 is 2.30 bits per heavy atom. The van der Waals surface area contributed by atoms with Crippen molar-refractivity contribution in [3.8, 4) is 0 Å². The Labute approximate surface area is 221 Å². The van der Waals surface area contributed by atoms with Crippen molar-refractivity contribution < 1.29 is 37.8 Å². The predicted octanol–water partition coefficient (Wildman–Crippen LogP) is 8.01. The van der Waals surface area contributed by atoms with Gasteiger partial charge in [0.05, 0.1) is 6.10 Å². The second-order valence-corrected chi connectivity index (χ2v) is 10.6. The summed E-state index contributed by atoms with van der Waals surface area (Å²) < 4.78 is 0. The van der Waals surface area contributed by atoms with E-state index in [1.165, 1.54) is 43.2 Å². The number of halogens is 2. The molecule has 0 saturated heterocycles. The summed E-state index contributed by atoms with van der Waals surface area (Å²) in [6.07, 6.45) is 10.7. The molecule has 2 rings (SSSR count). The smallest absolute Gasteiger partial charge is 0.0631 e. The Kier molecular flexibility index (Phi) is 13.7. The summed E-state index contributed by atoms with van der Waals surface area (Å²) in [5.74, 6) is 0.771. The van der Waals surface area contributed by atoms with Crippen LogP contribution in [0.3, 0.4) is 0 Å². The summed E-state index contributed by atoms with van der Waals surface area (Å²) in [5.41, 5.74) is 2.25. The van der Waals surface area contributed by atoms with Gasteiger partial charge in [-0.25, -0.2) is 0 Å². The van der Waals surface area contributed by atoms with Gasteiger partial charge >= 0.3 is 0 Å². The first-order chi connectivity index (χ1) is 13.8. The van der Waals surface area contributed by atoms with Crippen LogP contribution < -0.4 is 0 Å². The molecule has 1 fully saturated rings. The van der Waals surface area contributed by atoms with Crippen LogP contribution in [0.5, 0.6) is 0 Å². The number of unbranched alkanes of at least 4 members (excludes halogenated alkanes) is 5. The second kappa shape index (κ2) is 14.2. The average Bonchev–Trinajstić information content (AvgIpc) is 2.98. The van der Waals surface area contributed by atoms with Gasteiger partial charge < -0.3 is 12.0 Å². The van der Waals surface area contributed by atoms with Gasteiger partial charge in [0, 0.05) is 54.8 Å². The molecule has 1 radical (unpaired) electrons. The largest absolute Gasteiger partial charge is 0.392 e. The number of aliphatic hydroxyl groups excluding tert-OH is 1. The van der Waals surface area contributed by atoms with E-state index in [4.69, 9.17) is 23.2 Å². The van der Waals surface area contributed by atoms with E-state index in [-0.39, 0.29) is 55.0 Å². The summed E-state index contributed by atoms with van der Waals surface area (Å²) >= 11 is 13.5. The number of hydrogen-bond acceptors (Lipinski definition) is 1. The van der Waals surface area contributed by atoms with Crippen LogP contribution in [0.15, 0.2) is 24.3 Å². The van der Waals surface area contributed by atoms with E-state index in [0.717, 1.165) is 32.1 Å². The Balaban J connectivity index is 0.00000450. The Morgan fingerprint density at radius 1 is 1.03 bits per heavy atom. The Morgan fingerprint density at radius 2 is 1.70 bits per heavy atom. The van der Waals surface area contributed by atoms with Crippen molar-refractivity contribution in [2.45, 2.75) is 113 Å². The first-order valence-corrected chi connectivity index (χ1v) is 12.6. The Bertz CT molecular complexity index is 589. The van der Waals surface area contributed by atoms with Gasteiger partial charge in [-0.1, -0.05) is 83.6 Å². The number of alkyl halides is 2. The van der Waals surface area contributed by atoms with Gasteiger partial charge in [-0.15, -0.1) is 23.2 Å². The van der Waals surface area contributed by atoms with Gasteiger partial charge in [0.25, 0.3) is 0 Å². The Hall–Kier alpha value is 0.864.